The van der Waals surface area contributed by atoms with Crippen molar-refractivity contribution < 1.29 is 14.1 Å². The summed E-state index contributed by atoms with van der Waals surface area (Å²) in [6, 6.07) is 14.9. The fourth-order valence-electron chi connectivity index (χ4n) is 4.22. The molecule has 2 aromatic rings. The number of quaternary nitrogens is 2. The topological polar surface area (TPSA) is 150 Å². The van der Waals surface area contributed by atoms with E-state index in [0.717, 1.165) is 11.4 Å². The highest BCUT2D eigenvalue weighted by atomic mass is 16.5. The third-order valence-corrected chi connectivity index (χ3v) is 7.33. The molecule has 0 atom stereocenters. The molecule has 0 amide bonds. The van der Waals surface area contributed by atoms with E-state index in [1.165, 1.54) is 0 Å². The summed E-state index contributed by atoms with van der Waals surface area (Å²) in [6.45, 7) is 11.9. The minimum atomic E-state index is -0.298. The van der Waals surface area contributed by atoms with Crippen molar-refractivity contribution in [2.75, 3.05) is 63.0 Å². The third kappa shape index (κ3) is 8.68. The second kappa shape index (κ2) is 14.1. The Labute approximate surface area is 236 Å². The van der Waals surface area contributed by atoms with Gasteiger partial charge in [-0.1, -0.05) is 0 Å². The van der Waals surface area contributed by atoms with Gasteiger partial charge in [-0.2, -0.15) is 0 Å². The highest BCUT2D eigenvalue weighted by Gasteiger charge is 2.23. The van der Waals surface area contributed by atoms with Gasteiger partial charge in [-0.05, 0) is 76.2 Å². The Morgan fingerprint density at radius 1 is 0.775 bits per heavy atom. The van der Waals surface area contributed by atoms with Crippen LogP contribution in [-0.2, 0) is 4.79 Å². The van der Waals surface area contributed by atoms with Gasteiger partial charge in [0.05, 0.1) is 75.9 Å². The van der Waals surface area contributed by atoms with E-state index in [0.29, 0.717) is 75.3 Å². The Bertz CT molecular complexity index is 1210. The van der Waals surface area contributed by atoms with Crippen LogP contribution < -0.4 is 16.4 Å². The Balaban J connectivity index is 1.69. The number of nitrogens with two attached hydrogens (primary N) is 1. The molecule has 0 fully saturated rings. The molecular weight excluding hydrogens is 508 g/mol. The summed E-state index contributed by atoms with van der Waals surface area (Å²) in [6.07, 6.45) is 0.00932. The number of ketones is 1. The van der Waals surface area contributed by atoms with Gasteiger partial charge in [-0.15, -0.1) is 0 Å². The third-order valence-electron chi connectivity index (χ3n) is 7.33. The van der Waals surface area contributed by atoms with Gasteiger partial charge in [0.2, 0.25) is 5.78 Å². The number of amidine groups is 2. The predicted molar refractivity (Wildman–Crippen MR) is 164 cm³/mol. The minimum Gasteiger partial charge on any atom is -0.633 e. The van der Waals surface area contributed by atoms with Crippen LogP contribution in [0.2, 0.25) is 0 Å². The molecule has 0 aromatic heterocycles. The van der Waals surface area contributed by atoms with Crippen LogP contribution in [-0.4, -0.2) is 84.8 Å². The van der Waals surface area contributed by atoms with Crippen molar-refractivity contribution in [3.05, 3.63) is 58.9 Å². The van der Waals surface area contributed by atoms with Crippen LogP contribution in [0.15, 0.2) is 63.5 Å². The predicted octanol–water partition coefficient (Wildman–Crippen LogP) is 4.35. The number of aliphatic imine (C=N–C) groups is 3. The largest absolute Gasteiger partial charge is 0.633 e. The van der Waals surface area contributed by atoms with Gasteiger partial charge in [0.1, 0.15) is 0 Å². The number of rotatable bonds is 14. The van der Waals surface area contributed by atoms with Gasteiger partial charge >= 0.3 is 0 Å². The van der Waals surface area contributed by atoms with E-state index in [2.05, 4.69) is 25.6 Å². The van der Waals surface area contributed by atoms with Gasteiger partial charge in [0, 0.05) is 11.4 Å². The first-order valence-electron chi connectivity index (χ1n) is 14.0. The van der Waals surface area contributed by atoms with E-state index in [1.54, 1.807) is 0 Å². The van der Waals surface area contributed by atoms with Crippen LogP contribution in [0.5, 0.6) is 0 Å². The number of nitrogens with zero attached hydrogens (tertiary/aromatic N) is 5. The van der Waals surface area contributed by atoms with Crippen LogP contribution in [0, 0.1) is 10.4 Å². The second-order valence-corrected chi connectivity index (χ2v) is 9.87. The van der Waals surface area contributed by atoms with Gasteiger partial charge in [0.15, 0.2) is 11.7 Å². The van der Waals surface area contributed by atoms with Crippen LogP contribution in [0.3, 0.4) is 0 Å². The molecule has 1 aliphatic rings. The average molecular weight is 551 g/mol. The Kier molecular flexibility index (Phi) is 10.9. The zero-order chi connectivity index (χ0) is 29.2. The molecule has 0 saturated carbocycles. The molecule has 1 heterocycles. The normalized spacial score (nSPS) is 16.4. The van der Waals surface area contributed by atoms with Crippen molar-refractivity contribution in [2.45, 2.75) is 34.1 Å². The van der Waals surface area contributed by atoms with Gasteiger partial charge in [-0.3, -0.25) is 4.79 Å². The Hall–Kier alpha value is -3.64. The monoisotopic (exact) mass is 550 g/mol. The molecule has 0 spiro atoms. The molecule has 3 rings (SSSR count). The van der Waals surface area contributed by atoms with Gasteiger partial charge in [-0.25, -0.2) is 15.0 Å². The molecule has 0 radical (unpaired) electrons. The molecule has 11 heteroatoms. The summed E-state index contributed by atoms with van der Waals surface area (Å²) >= 11 is 0. The number of carbonyl (C=O) groups excluding carboxylic acids is 1. The molecule has 40 heavy (non-hydrogen) atoms. The lowest BCUT2D eigenvalue weighted by Crippen LogP contribution is -2.44. The zero-order valence-corrected chi connectivity index (χ0v) is 24.0. The molecule has 216 valence electrons. The lowest BCUT2D eigenvalue weighted by molar-refractivity contribution is -0.875. The highest BCUT2D eigenvalue weighted by Crippen LogP contribution is 2.21. The maximum Gasteiger partial charge on any atom is 0.203 e. The summed E-state index contributed by atoms with van der Waals surface area (Å²) in [5, 5.41) is 31.4. The first-order chi connectivity index (χ1) is 19.1. The van der Waals surface area contributed by atoms with E-state index in [4.69, 9.17) is 5.73 Å². The first kappa shape index (κ1) is 30.9. The van der Waals surface area contributed by atoms with Crippen molar-refractivity contribution in [1.29, 1.82) is 0 Å². The molecule has 0 saturated heterocycles. The number of anilines is 2. The Morgan fingerprint density at radius 3 is 1.62 bits per heavy atom. The SMILES string of the molecule is CC[N+]([O-])(CC)CCNc1ccc(N=C2CC(=O)C(N)=NC2=Nc2ccc(NCC[N+]([O-])(CC)CC)cc2)cc1. The fourth-order valence-corrected chi connectivity index (χ4v) is 4.22. The standard InChI is InChI=1S/C29H42N8O3/c1-5-36(39,6-2)19-17-31-22-9-13-24(14-10-22)33-26-21-27(38)28(30)35-29(26)34-25-15-11-23(12-16-25)32-18-20-37(40,7-3)8-4/h9-16,31-32H,5-8,17-21H2,1-4H3,(H2,30,34,35). The number of carbonyl (C=O) groups is 1. The van der Waals surface area contributed by atoms with Crippen molar-refractivity contribution >= 4 is 45.9 Å². The number of hydroxylamine groups is 6. The molecule has 0 aliphatic carbocycles. The van der Waals surface area contributed by atoms with Crippen molar-refractivity contribution in [3.8, 4) is 0 Å². The highest BCUT2D eigenvalue weighted by molar-refractivity contribution is 6.58. The summed E-state index contributed by atoms with van der Waals surface area (Å²) < 4.78 is -0.450. The second-order valence-electron chi connectivity index (χ2n) is 9.87. The van der Waals surface area contributed by atoms with E-state index in [1.807, 2.05) is 76.2 Å². The van der Waals surface area contributed by atoms with E-state index in [9.17, 15) is 15.2 Å². The maximum atomic E-state index is 12.4. The number of hydrogen-bond donors (Lipinski definition) is 3. The van der Waals surface area contributed by atoms with Gasteiger partial charge in [0.25, 0.3) is 0 Å². The molecule has 4 N–H and O–H groups in total. The Morgan fingerprint density at radius 2 is 1.20 bits per heavy atom. The molecular formula is C29H42N8O3. The molecule has 0 bridgehead atoms. The number of likely N-dealkylation sites (N-methyl/N-ethyl adjacent to an activating group) is 2. The first-order valence-corrected chi connectivity index (χ1v) is 14.0. The summed E-state index contributed by atoms with van der Waals surface area (Å²) in [4.78, 5) is 25.8. The van der Waals surface area contributed by atoms with Crippen LogP contribution >= 0.6 is 0 Å². The van der Waals surface area contributed by atoms with E-state index < -0.39 is 0 Å². The minimum absolute atomic E-state index is 0.00932. The summed E-state index contributed by atoms with van der Waals surface area (Å²) in [5.41, 5.74) is 9.33. The van der Waals surface area contributed by atoms with Crippen molar-refractivity contribution in [2.24, 2.45) is 20.7 Å². The average Bonchev–Trinajstić information content (AvgIpc) is 2.97. The number of Topliss-reactive ketones (excluding diaryl/α,β-unsaturated/α-hetero) is 1. The van der Waals surface area contributed by atoms with Crippen LogP contribution in [0.4, 0.5) is 22.7 Å². The van der Waals surface area contributed by atoms with Crippen molar-refractivity contribution in [3.63, 3.8) is 0 Å². The van der Waals surface area contributed by atoms with Gasteiger partial charge < -0.3 is 36.1 Å². The maximum absolute atomic E-state index is 12.4. The molecule has 2 aromatic carbocycles. The van der Waals surface area contributed by atoms with Crippen LogP contribution in [0.1, 0.15) is 34.1 Å². The zero-order valence-electron chi connectivity index (χ0n) is 24.0. The lowest BCUT2D eigenvalue weighted by atomic mass is 10.1. The fraction of sp³-hybridized carbons (Fsp3) is 0.448. The summed E-state index contributed by atoms with van der Waals surface area (Å²) in [7, 11) is 0. The lowest BCUT2D eigenvalue weighted by Gasteiger charge is -2.41. The molecule has 11 nitrogen and oxygen atoms in total. The quantitative estimate of drug-likeness (QED) is 0.235. The smallest absolute Gasteiger partial charge is 0.203 e. The van der Waals surface area contributed by atoms with Crippen molar-refractivity contribution in [1.82, 2.24) is 0 Å². The molecule has 1 aliphatic heterocycles. The number of nitrogens with one attached hydrogen (secondary N) is 2. The molecule has 0 unspecified atom stereocenters. The van der Waals surface area contributed by atoms with Crippen LogP contribution in [0.25, 0.3) is 0 Å². The van der Waals surface area contributed by atoms with E-state index >= 15 is 0 Å². The summed E-state index contributed by atoms with van der Waals surface area (Å²) in [5.74, 6) is -0.0924. The number of hydrogen-bond acceptors (Lipinski definition) is 8. The van der Waals surface area contributed by atoms with E-state index in [-0.39, 0.29) is 27.3 Å². The number of benzene rings is 2.